The summed E-state index contributed by atoms with van der Waals surface area (Å²) >= 11 is 0. The van der Waals surface area contributed by atoms with Gasteiger partial charge in [0, 0.05) is 61.6 Å². The molecule has 1 aliphatic carbocycles. The van der Waals surface area contributed by atoms with Crippen molar-refractivity contribution in [2.75, 3.05) is 38.1 Å². The summed E-state index contributed by atoms with van der Waals surface area (Å²) in [6, 6.07) is 10.4. The first kappa shape index (κ1) is 19.0. The molecule has 7 nitrogen and oxygen atoms in total. The first-order chi connectivity index (χ1) is 15.6. The Kier molecular flexibility index (Phi) is 4.43. The molecule has 0 spiro atoms. The van der Waals surface area contributed by atoms with Gasteiger partial charge < -0.3 is 19.8 Å². The van der Waals surface area contributed by atoms with Crippen LogP contribution in [0.1, 0.15) is 17.8 Å². The summed E-state index contributed by atoms with van der Waals surface area (Å²) in [7, 11) is 2.16. The first-order valence-corrected chi connectivity index (χ1v) is 11.0. The first-order valence-electron chi connectivity index (χ1n) is 11.0. The largest absolute Gasteiger partial charge is 0.369 e. The third-order valence-electron chi connectivity index (χ3n) is 6.43. The summed E-state index contributed by atoms with van der Waals surface area (Å²) in [6.45, 7) is 4.15. The molecule has 1 aromatic carbocycles. The maximum absolute atomic E-state index is 12.8. The molecule has 1 fully saturated rings. The van der Waals surface area contributed by atoms with Crippen LogP contribution in [-0.2, 0) is 4.79 Å². The molecule has 1 aliphatic heterocycles. The summed E-state index contributed by atoms with van der Waals surface area (Å²) in [4.78, 5) is 33.2. The second-order valence-corrected chi connectivity index (χ2v) is 8.56. The van der Waals surface area contributed by atoms with Gasteiger partial charge in [0.15, 0.2) is 5.78 Å². The number of nitrogens with one attached hydrogen (secondary N) is 2. The number of piperazine rings is 1. The summed E-state index contributed by atoms with van der Waals surface area (Å²) in [5, 5.41) is 1.05. The number of carbonyl (C=O) groups is 1. The summed E-state index contributed by atoms with van der Waals surface area (Å²) in [6.07, 6.45) is 7.98. The van der Waals surface area contributed by atoms with Crippen LogP contribution in [0.15, 0.2) is 54.9 Å². The van der Waals surface area contributed by atoms with Crippen molar-refractivity contribution in [2.24, 2.45) is 0 Å². The van der Waals surface area contributed by atoms with Gasteiger partial charge >= 0.3 is 0 Å². The van der Waals surface area contributed by atoms with Gasteiger partial charge in [-0.2, -0.15) is 0 Å². The molecule has 0 amide bonds. The molecule has 0 saturated carbocycles. The molecule has 2 aliphatic rings. The molecule has 0 bridgehead atoms. The lowest BCUT2D eigenvalue weighted by atomic mass is 9.94. The topological polar surface area (TPSA) is 80.9 Å². The standard InChI is InChI=1S/C25H24N6O/c1-30-8-10-31(11-9-30)19-3-4-21-22(14-19)29-25(28-21)20-13-16(2-5-23(20)32)18-12-17-6-7-26-24(17)27-15-18/h2-4,6-7,12-15H,5,8-11H2,1H3,(H,26,27)(H,28,29). The quantitative estimate of drug-likeness (QED) is 0.525. The predicted octanol–water partition coefficient (Wildman–Crippen LogP) is 3.63. The Bertz CT molecular complexity index is 1400. The molecule has 7 heteroatoms. The lowest BCUT2D eigenvalue weighted by Gasteiger charge is -2.34. The number of nitrogens with zero attached hydrogens (tertiary/aromatic N) is 4. The predicted molar refractivity (Wildman–Crippen MR) is 127 cm³/mol. The Morgan fingerprint density at radius 2 is 1.94 bits per heavy atom. The minimum absolute atomic E-state index is 0.0720. The van der Waals surface area contributed by atoms with Crippen molar-refractivity contribution in [2.45, 2.75) is 6.42 Å². The highest BCUT2D eigenvalue weighted by Gasteiger charge is 2.21. The van der Waals surface area contributed by atoms with Gasteiger partial charge in [0.25, 0.3) is 0 Å². The van der Waals surface area contributed by atoms with Crippen LogP contribution in [-0.4, -0.2) is 63.8 Å². The maximum atomic E-state index is 12.8. The van der Waals surface area contributed by atoms with Crippen molar-refractivity contribution in [3.8, 4) is 0 Å². The Hall–Kier alpha value is -3.71. The van der Waals surface area contributed by atoms with Gasteiger partial charge in [0.2, 0.25) is 0 Å². The number of H-pyrrole nitrogens is 2. The van der Waals surface area contributed by atoms with Gasteiger partial charge in [-0.15, -0.1) is 0 Å². The molecule has 3 aromatic heterocycles. The van der Waals surface area contributed by atoms with Crippen LogP contribution in [0.5, 0.6) is 0 Å². The third kappa shape index (κ3) is 3.31. The van der Waals surface area contributed by atoms with Crippen LogP contribution in [0.3, 0.4) is 0 Å². The average molecular weight is 425 g/mol. The zero-order valence-electron chi connectivity index (χ0n) is 17.9. The Morgan fingerprint density at radius 3 is 2.81 bits per heavy atom. The monoisotopic (exact) mass is 424 g/mol. The lowest BCUT2D eigenvalue weighted by Crippen LogP contribution is -2.44. The smallest absolute Gasteiger partial charge is 0.170 e. The highest BCUT2D eigenvalue weighted by atomic mass is 16.1. The maximum Gasteiger partial charge on any atom is 0.170 e. The van der Waals surface area contributed by atoms with Crippen LogP contribution in [0.25, 0.3) is 33.2 Å². The summed E-state index contributed by atoms with van der Waals surface area (Å²) in [5.74, 6) is 0.699. The molecule has 6 rings (SSSR count). The molecule has 32 heavy (non-hydrogen) atoms. The summed E-state index contributed by atoms with van der Waals surface area (Å²) in [5.41, 5.74) is 6.49. The number of aromatic nitrogens is 4. The van der Waals surface area contributed by atoms with E-state index < -0.39 is 0 Å². The van der Waals surface area contributed by atoms with Crippen molar-refractivity contribution in [3.63, 3.8) is 0 Å². The van der Waals surface area contributed by atoms with E-state index in [1.165, 1.54) is 5.69 Å². The van der Waals surface area contributed by atoms with E-state index >= 15 is 0 Å². The van der Waals surface area contributed by atoms with Crippen LogP contribution in [0, 0.1) is 0 Å². The lowest BCUT2D eigenvalue weighted by molar-refractivity contribution is -0.113. The zero-order valence-corrected chi connectivity index (χ0v) is 17.9. The zero-order chi connectivity index (χ0) is 21.7. The number of rotatable bonds is 3. The Morgan fingerprint density at radius 1 is 1.06 bits per heavy atom. The molecule has 0 unspecified atom stereocenters. The number of hydrogen-bond acceptors (Lipinski definition) is 5. The van der Waals surface area contributed by atoms with Gasteiger partial charge in [-0.05, 0) is 49.0 Å². The number of hydrogen-bond donors (Lipinski definition) is 2. The second kappa shape index (κ2) is 7.46. The number of likely N-dealkylation sites (N-methyl/N-ethyl adjacent to an activating group) is 1. The normalized spacial score (nSPS) is 17.8. The van der Waals surface area contributed by atoms with Crippen molar-refractivity contribution in [1.82, 2.24) is 24.8 Å². The van der Waals surface area contributed by atoms with Gasteiger partial charge in [-0.1, -0.05) is 6.08 Å². The van der Waals surface area contributed by atoms with Crippen molar-refractivity contribution in [3.05, 3.63) is 66.3 Å². The molecular weight excluding hydrogens is 400 g/mol. The molecule has 0 radical (unpaired) electrons. The number of imidazole rings is 1. The van der Waals surface area contributed by atoms with Crippen LogP contribution >= 0.6 is 0 Å². The van der Waals surface area contributed by atoms with E-state index in [4.69, 9.17) is 4.98 Å². The molecule has 1 saturated heterocycles. The average Bonchev–Trinajstić information content (AvgIpc) is 3.45. The minimum atomic E-state index is 0.0720. The number of benzene rings is 1. The number of aromatic amines is 2. The van der Waals surface area contributed by atoms with E-state index in [9.17, 15) is 4.79 Å². The van der Waals surface area contributed by atoms with E-state index in [1.807, 2.05) is 36.7 Å². The number of anilines is 1. The Balaban J connectivity index is 1.33. The van der Waals surface area contributed by atoms with Crippen molar-refractivity contribution >= 4 is 44.7 Å². The number of pyridine rings is 1. The van der Waals surface area contributed by atoms with Crippen molar-refractivity contribution in [1.29, 1.82) is 0 Å². The minimum Gasteiger partial charge on any atom is -0.369 e. The number of allylic oxidation sites excluding steroid dienone is 4. The van der Waals surface area contributed by atoms with E-state index in [0.29, 0.717) is 17.8 Å². The van der Waals surface area contributed by atoms with Gasteiger partial charge in [-0.3, -0.25) is 4.79 Å². The van der Waals surface area contributed by atoms with E-state index in [1.54, 1.807) is 0 Å². The number of Topliss-reactive ketones (excluding diaryl/α,β-unsaturated/α-hetero) is 1. The highest BCUT2D eigenvalue weighted by molar-refractivity contribution is 6.24. The van der Waals surface area contributed by atoms with Gasteiger partial charge in [0.05, 0.1) is 16.6 Å². The molecular formula is C25H24N6O. The summed E-state index contributed by atoms with van der Waals surface area (Å²) < 4.78 is 0. The number of fused-ring (bicyclic) bond motifs is 2. The van der Waals surface area contributed by atoms with E-state index in [0.717, 1.165) is 59.4 Å². The fraction of sp³-hybridized carbons (Fsp3) is 0.240. The second-order valence-electron chi connectivity index (χ2n) is 8.56. The van der Waals surface area contributed by atoms with Gasteiger partial charge in [-0.25, -0.2) is 9.97 Å². The van der Waals surface area contributed by atoms with Crippen LogP contribution < -0.4 is 4.90 Å². The molecule has 4 aromatic rings. The molecule has 2 N–H and O–H groups in total. The van der Waals surface area contributed by atoms with Crippen LogP contribution in [0.2, 0.25) is 0 Å². The third-order valence-corrected chi connectivity index (χ3v) is 6.43. The fourth-order valence-corrected chi connectivity index (χ4v) is 4.49. The highest BCUT2D eigenvalue weighted by Crippen LogP contribution is 2.30. The Labute approximate surface area is 185 Å². The fourth-order valence-electron chi connectivity index (χ4n) is 4.49. The van der Waals surface area contributed by atoms with Crippen molar-refractivity contribution < 1.29 is 4.79 Å². The number of carbonyl (C=O) groups excluding carboxylic acids is 1. The molecule has 160 valence electrons. The SMILES string of the molecule is CN1CCN(c2ccc3nc(C4=CC(c5cnc6[nH]ccc6c5)=CCC4=O)[nH]c3c2)CC1. The number of ketones is 1. The molecule has 4 heterocycles. The van der Waals surface area contributed by atoms with E-state index in [-0.39, 0.29) is 5.78 Å². The molecule has 0 atom stereocenters. The van der Waals surface area contributed by atoms with Gasteiger partial charge in [0.1, 0.15) is 11.5 Å². The van der Waals surface area contributed by atoms with E-state index in [2.05, 4.69) is 50.0 Å². The van der Waals surface area contributed by atoms with Crippen LogP contribution in [0.4, 0.5) is 5.69 Å².